The van der Waals surface area contributed by atoms with E-state index < -0.39 is 0 Å². The van der Waals surface area contributed by atoms with Crippen LogP contribution in [0, 0.1) is 0 Å². The van der Waals surface area contributed by atoms with Gasteiger partial charge in [0.15, 0.2) is 0 Å². The molecule has 1 saturated heterocycles. The van der Waals surface area contributed by atoms with Crippen LogP contribution in [0.25, 0.3) is 0 Å². The van der Waals surface area contributed by atoms with E-state index >= 15 is 0 Å². The smallest absolute Gasteiger partial charge is 0.136 e. The van der Waals surface area contributed by atoms with E-state index in [0.29, 0.717) is 12.0 Å². The average Bonchev–Trinajstić information content (AvgIpc) is 3.24. The molecular weight excluding hydrogens is 262 g/mol. The van der Waals surface area contributed by atoms with Crippen molar-refractivity contribution in [3.8, 4) is 0 Å². The summed E-state index contributed by atoms with van der Waals surface area (Å²) in [6, 6.07) is 2.74. The van der Waals surface area contributed by atoms with Gasteiger partial charge in [-0.1, -0.05) is 0 Å². The Labute approximate surface area is 127 Å². The second kappa shape index (κ2) is 6.18. The van der Waals surface area contributed by atoms with Crippen LogP contribution in [0.4, 0.5) is 11.6 Å². The molecule has 1 aliphatic heterocycles. The summed E-state index contributed by atoms with van der Waals surface area (Å²) >= 11 is 0. The molecule has 2 fully saturated rings. The van der Waals surface area contributed by atoms with Crippen LogP contribution in [-0.4, -0.2) is 54.6 Å². The third-order valence-electron chi connectivity index (χ3n) is 4.58. The SMILES string of the molecule is CCNc1cc(N(C)CC2CCCN2C)nc(C2CC2)n1. The van der Waals surface area contributed by atoms with E-state index in [0.717, 1.165) is 30.5 Å². The normalized spacial score (nSPS) is 22.5. The number of hydrogen-bond donors (Lipinski definition) is 1. The average molecular weight is 289 g/mol. The number of likely N-dealkylation sites (tertiary alicyclic amines) is 1. The quantitative estimate of drug-likeness (QED) is 0.870. The standard InChI is InChI=1S/C16H27N5/c1-4-17-14-10-15(19-16(18-14)12-7-8-12)21(3)11-13-6-5-9-20(13)2/h10,12-13H,4-9,11H2,1-3H3,(H,17,18,19). The van der Waals surface area contributed by atoms with Crippen molar-refractivity contribution in [3.05, 3.63) is 11.9 Å². The van der Waals surface area contributed by atoms with Crippen LogP contribution < -0.4 is 10.2 Å². The lowest BCUT2D eigenvalue weighted by Gasteiger charge is -2.27. The van der Waals surface area contributed by atoms with Crippen molar-refractivity contribution in [3.63, 3.8) is 0 Å². The van der Waals surface area contributed by atoms with Gasteiger partial charge in [0.25, 0.3) is 0 Å². The van der Waals surface area contributed by atoms with E-state index in [2.05, 4.69) is 47.2 Å². The minimum atomic E-state index is 0.588. The Morgan fingerprint density at radius 1 is 1.33 bits per heavy atom. The van der Waals surface area contributed by atoms with E-state index in [4.69, 9.17) is 4.98 Å². The highest BCUT2D eigenvalue weighted by Gasteiger charge is 2.28. The molecule has 3 rings (SSSR count). The Hall–Kier alpha value is -1.36. The molecule has 1 unspecified atom stereocenters. The molecule has 0 radical (unpaired) electrons. The summed E-state index contributed by atoms with van der Waals surface area (Å²) in [5.41, 5.74) is 0. The molecule has 0 amide bonds. The van der Waals surface area contributed by atoms with Crippen molar-refractivity contribution in [1.29, 1.82) is 0 Å². The Morgan fingerprint density at radius 3 is 2.76 bits per heavy atom. The molecule has 1 aliphatic carbocycles. The fourth-order valence-electron chi connectivity index (χ4n) is 3.06. The maximum atomic E-state index is 4.80. The van der Waals surface area contributed by atoms with Gasteiger partial charge in [-0.15, -0.1) is 0 Å². The second-order valence-corrected chi connectivity index (χ2v) is 6.43. The summed E-state index contributed by atoms with van der Waals surface area (Å²) in [6.07, 6.45) is 5.09. The summed E-state index contributed by atoms with van der Waals surface area (Å²) in [7, 11) is 4.38. The third kappa shape index (κ3) is 3.46. The van der Waals surface area contributed by atoms with Gasteiger partial charge in [-0.2, -0.15) is 0 Å². The Kier molecular flexibility index (Phi) is 4.29. The van der Waals surface area contributed by atoms with Crippen molar-refractivity contribution in [1.82, 2.24) is 14.9 Å². The molecule has 0 spiro atoms. The predicted octanol–water partition coefficient (Wildman–Crippen LogP) is 2.32. The number of nitrogens with zero attached hydrogens (tertiary/aromatic N) is 4. The van der Waals surface area contributed by atoms with E-state index in [-0.39, 0.29) is 0 Å². The molecule has 21 heavy (non-hydrogen) atoms. The second-order valence-electron chi connectivity index (χ2n) is 6.43. The van der Waals surface area contributed by atoms with Crippen LogP contribution in [0.15, 0.2) is 6.07 Å². The first-order chi connectivity index (χ1) is 10.2. The maximum absolute atomic E-state index is 4.80. The molecule has 0 aromatic carbocycles. The molecule has 2 aliphatic rings. The zero-order valence-corrected chi connectivity index (χ0v) is 13.5. The minimum Gasteiger partial charge on any atom is -0.370 e. The molecule has 116 valence electrons. The van der Waals surface area contributed by atoms with Crippen molar-refractivity contribution in [2.45, 2.75) is 44.6 Å². The molecule has 2 heterocycles. The van der Waals surface area contributed by atoms with E-state index in [1.165, 1.54) is 32.2 Å². The van der Waals surface area contributed by atoms with Gasteiger partial charge in [-0.05, 0) is 46.2 Å². The molecule has 1 atom stereocenters. The summed E-state index contributed by atoms with van der Waals surface area (Å²) in [5.74, 6) is 3.64. The number of hydrogen-bond acceptors (Lipinski definition) is 5. The largest absolute Gasteiger partial charge is 0.370 e. The first-order valence-corrected chi connectivity index (χ1v) is 8.21. The number of rotatable bonds is 6. The molecule has 5 heteroatoms. The summed E-state index contributed by atoms with van der Waals surface area (Å²) in [6.45, 7) is 5.27. The molecule has 1 saturated carbocycles. The van der Waals surface area contributed by atoms with Crippen LogP contribution in [-0.2, 0) is 0 Å². The first kappa shape index (κ1) is 14.6. The van der Waals surface area contributed by atoms with Gasteiger partial charge in [-0.3, -0.25) is 0 Å². The lowest BCUT2D eigenvalue weighted by atomic mass is 10.2. The van der Waals surface area contributed by atoms with Gasteiger partial charge in [0.1, 0.15) is 17.5 Å². The number of aromatic nitrogens is 2. The Balaban J connectivity index is 1.75. The Bertz CT molecular complexity index is 486. The molecule has 5 nitrogen and oxygen atoms in total. The maximum Gasteiger partial charge on any atom is 0.136 e. The lowest BCUT2D eigenvalue weighted by Crippen LogP contribution is -2.37. The highest BCUT2D eigenvalue weighted by Crippen LogP contribution is 2.39. The van der Waals surface area contributed by atoms with Crippen LogP contribution in [0.3, 0.4) is 0 Å². The highest BCUT2D eigenvalue weighted by molar-refractivity contribution is 5.49. The highest BCUT2D eigenvalue weighted by atomic mass is 15.2. The van der Waals surface area contributed by atoms with Gasteiger partial charge >= 0.3 is 0 Å². The third-order valence-corrected chi connectivity index (χ3v) is 4.58. The number of nitrogens with one attached hydrogen (secondary N) is 1. The van der Waals surface area contributed by atoms with Gasteiger partial charge < -0.3 is 15.1 Å². The fourth-order valence-corrected chi connectivity index (χ4v) is 3.06. The summed E-state index contributed by atoms with van der Waals surface area (Å²) < 4.78 is 0. The van der Waals surface area contributed by atoms with Crippen LogP contribution in [0.2, 0.25) is 0 Å². The monoisotopic (exact) mass is 289 g/mol. The van der Waals surface area contributed by atoms with Crippen molar-refractivity contribution >= 4 is 11.6 Å². The van der Waals surface area contributed by atoms with Crippen LogP contribution in [0.1, 0.15) is 44.3 Å². The van der Waals surface area contributed by atoms with Crippen molar-refractivity contribution in [2.24, 2.45) is 0 Å². The van der Waals surface area contributed by atoms with Crippen molar-refractivity contribution < 1.29 is 0 Å². The first-order valence-electron chi connectivity index (χ1n) is 8.21. The van der Waals surface area contributed by atoms with Crippen LogP contribution in [0.5, 0.6) is 0 Å². The number of likely N-dealkylation sites (N-methyl/N-ethyl adjacent to an activating group) is 2. The Morgan fingerprint density at radius 2 is 2.14 bits per heavy atom. The molecule has 0 bridgehead atoms. The fraction of sp³-hybridized carbons (Fsp3) is 0.750. The molecule has 1 aromatic heterocycles. The predicted molar refractivity (Wildman–Crippen MR) is 87.1 cm³/mol. The van der Waals surface area contributed by atoms with E-state index in [1.807, 2.05) is 0 Å². The zero-order chi connectivity index (χ0) is 14.8. The van der Waals surface area contributed by atoms with Gasteiger partial charge in [0, 0.05) is 38.2 Å². The van der Waals surface area contributed by atoms with Gasteiger partial charge in [0.05, 0.1) is 0 Å². The van der Waals surface area contributed by atoms with Crippen molar-refractivity contribution in [2.75, 3.05) is 43.9 Å². The number of anilines is 2. The van der Waals surface area contributed by atoms with Crippen LogP contribution >= 0.6 is 0 Å². The summed E-state index contributed by atoms with van der Waals surface area (Å²) in [5, 5.41) is 3.34. The molecule has 1 aromatic rings. The molecule has 1 N–H and O–H groups in total. The molecular formula is C16H27N5. The van der Waals surface area contributed by atoms with Gasteiger partial charge in [0.2, 0.25) is 0 Å². The minimum absolute atomic E-state index is 0.588. The van der Waals surface area contributed by atoms with Gasteiger partial charge in [-0.25, -0.2) is 9.97 Å². The van der Waals surface area contributed by atoms with E-state index in [1.54, 1.807) is 0 Å². The lowest BCUT2D eigenvalue weighted by molar-refractivity contribution is 0.314. The van der Waals surface area contributed by atoms with E-state index in [9.17, 15) is 0 Å². The summed E-state index contributed by atoms with van der Waals surface area (Å²) in [4.78, 5) is 14.2. The topological polar surface area (TPSA) is 44.3 Å². The zero-order valence-electron chi connectivity index (χ0n) is 13.5.